The summed E-state index contributed by atoms with van der Waals surface area (Å²) in [6.45, 7) is 3.58. The first-order valence-corrected chi connectivity index (χ1v) is 9.49. The van der Waals surface area contributed by atoms with Gasteiger partial charge in [-0.2, -0.15) is 13.2 Å². The molecule has 4 rings (SSSR count). The summed E-state index contributed by atoms with van der Waals surface area (Å²) in [4.78, 5) is 19.5. The van der Waals surface area contributed by atoms with Gasteiger partial charge in [0.2, 0.25) is 0 Å². The van der Waals surface area contributed by atoms with E-state index < -0.39 is 11.7 Å². The number of H-pyrrole nitrogens is 1. The zero-order valence-electron chi connectivity index (χ0n) is 16.2. The molecule has 0 radical (unpaired) electrons. The first kappa shape index (κ1) is 19.9. The van der Waals surface area contributed by atoms with Crippen LogP contribution in [0.1, 0.15) is 21.7 Å². The number of carbonyl (C=O) groups is 1. The minimum Gasteiger partial charge on any atom is -0.360 e. The largest absolute Gasteiger partial charge is 0.419 e. The number of anilines is 1. The van der Waals surface area contributed by atoms with Crippen molar-refractivity contribution in [3.05, 3.63) is 65.5 Å². The van der Waals surface area contributed by atoms with Crippen LogP contribution in [0.3, 0.4) is 0 Å². The van der Waals surface area contributed by atoms with Gasteiger partial charge < -0.3 is 9.42 Å². The number of aromatic amines is 1. The Morgan fingerprint density at radius 3 is 2.37 bits per heavy atom. The highest BCUT2D eigenvalue weighted by atomic mass is 19.4. The van der Waals surface area contributed by atoms with E-state index in [4.69, 9.17) is 4.52 Å². The van der Waals surface area contributed by atoms with Crippen LogP contribution in [0.2, 0.25) is 0 Å². The fraction of sp³-hybridized carbons (Fsp3) is 0.286. The molecule has 6 nitrogen and oxygen atoms in total. The van der Waals surface area contributed by atoms with Crippen molar-refractivity contribution in [2.45, 2.75) is 13.1 Å². The highest BCUT2D eigenvalue weighted by Gasteiger charge is 2.34. The highest BCUT2D eigenvalue weighted by Crippen LogP contribution is 2.29. The number of nitrogens with one attached hydrogen (secondary N) is 1. The highest BCUT2D eigenvalue weighted by molar-refractivity contribution is 6.00. The van der Waals surface area contributed by atoms with Crippen LogP contribution in [-0.4, -0.2) is 42.1 Å². The molecule has 0 saturated carbocycles. The van der Waals surface area contributed by atoms with Gasteiger partial charge in [-0.25, -0.2) is 4.98 Å². The molecule has 1 fully saturated rings. The summed E-state index contributed by atoms with van der Waals surface area (Å²) < 4.78 is 43.5. The van der Waals surface area contributed by atoms with Gasteiger partial charge in [0.25, 0.3) is 11.7 Å². The van der Waals surface area contributed by atoms with E-state index in [1.807, 2.05) is 35.2 Å². The lowest BCUT2D eigenvalue weighted by atomic mass is 10.0. The zero-order chi connectivity index (χ0) is 21.3. The Kier molecular flexibility index (Phi) is 5.19. The number of piperazine rings is 1. The molecule has 0 spiro atoms. The van der Waals surface area contributed by atoms with Crippen molar-refractivity contribution >= 4 is 11.7 Å². The quantitative estimate of drug-likeness (QED) is 0.655. The van der Waals surface area contributed by atoms with E-state index in [1.54, 1.807) is 11.8 Å². The van der Waals surface area contributed by atoms with Gasteiger partial charge in [0, 0.05) is 11.6 Å². The summed E-state index contributed by atoms with van der Waals surface area (Å²) in [6, 6.07) is 11.8. The Hall–Kier alpha value is -3.36. The minimum atomic E-state index is -4.38. The summed E-state index contributed by atoms with van der Waals surface area (Å²) >= 11 is 0. The second-order valence-corrected chi connectivity index (χ2v) is 7.07. The average molecular weight is 417 g/mol. The van der Waals surface area contributed by atoms with Crippen LogP contribution in [0.25, 0.3) is 11.3 Å². The third kappa shape index (κ3) is 3.87. The Labute approximate surface area is 170 Å². The summed E-state index contributed by atoms with van der Waals surface area (Å²) in [7, 11) is 0. The Bertz CT molecular complexity index is 1020. The molecule has 156 valence electrons. The number of halogens is 3. The lowest BCUT2D eigenvalue weighted by molar-refractivity contribution is -0.367. The molecule has 1 aromatic carbocycles. The van der Waals surface area contributed by atoms with Crippen LogP contribution >= 0.6 is 0 Å². The Balaban J connectivity index is 1.46. The zero-order valence-corrected chi connectivity index (χ0v) is 16.2. The molecular formula is C21H20F3N4O2+. The fourth-order valence-corrected chi connectivity index (χ4v) is 3.52. The molecular weight excluding hydrogens is 397 g/mol. The number of benzene rings is 1. The van der Waals surface area contributed by atoms with Crippen molar-refractivity contribution in [3.8, 4) is 11.3 Å². The maximum Gasteiger partial charge on any atom is 0.419 e. The lowest BCUT2D eigenvalue weighted by Gasteiger charge is -2.31. The topological polar surface area (TPSA) is 63.7 Å². The van der Waals surface area contributed by atoms with Gasteiger partial charge in [0.05, 0.1) is 18.7 Å². The van der Waals surface area contributed by atoms with Crippen molar-refractivity contribution in [3.63, 3.8) is 0 Å². The molecule has 2 aromatic heterocycles. The molecule has 30 heavy (non-hydrogen) atoms. The first-order valence-electron chi connectivity index (χ1n) is 9.49. The molecule has 0 atom stereocenters. The van der Waals surface area contributed by atoms with Gasteiger partial charge in [-0.15, -0.1) is 0 Å². The van der Waals surface area contributed by atoms with E-state index in [0.717, 1.165) is 17.8 Å². The van der Waals surface area contributed by atoms with Crippen molar-refractivity contribution in [1.29, 1.82) is 0 Å². The molecule has 1 saturated heterocycles. The summed E-state index contributed by atoms with van der Waals surface area (Å²) in [6.07, 6.45) is -3.42. The second-order valence-electron chi connectivity index (χ2n) is 7.07. The molecule has 1 N–H and O–H groups in total. The van der Waals surface area contributed by atoms with Crippen LogP contribution in [0.4, 0.5) is 19.0 Å². The SMILES string of the molecule is Cc1onc(-c2ccccc2)c1C(=O)N1CCN(c2ccc(C(F)(F)F)c[nH+]2)CC1. The van der Waals surface area contributed by atoms with Gasteiger partial charge in [0.1, 0.15) is 36.3 Å². The molecule has 0 aliphatic carbocycles. The van der Waals surface area contributed by atoms with Gasteiger partial charge in [0.15, 0.2) is 0 Å². The van der Waals surface area contributed by atoms with Crippen LogP contribution in [0.15, 0.2) is 53.2 Å². The van der Waals surface area contributed by atoms with Crippen molar-refractivity contribution in [2.75, 3.05) is 31.1 Å². The van der Waals surface area contributed by atoms with Crippen molar-refractivity contribution in [2.24, 2.45) is 0 Å². The Morgan fingerprint density at radius 2 is 1.77 bits per heavy atom. The predicted molar refractivity (Wildman–Crippen MR) is 103 cm³/mol. The van der Waals surface area contributed by atoms with E-state index in [9.17, 15) is 18.0 Å². The molecule has 1 aliphatic rings. The number of pyridine rings is 1. The maximum absolute atomic E-state index is 13.1. The van der Waals surface area contributed by atoms with E-state index in [2.05, 4.69) is 10.1 Å². The molecule has 0 unspecified atom stereocenters. The number of hydrogen-bond donors (Lipinski definition) is 0. The smallest absolute Gasteiger partial charge is 0.360 e. The number of nitrogens with zero attached hydrogens (tertiary/aromatic N) is 3. The normalized spacial score (nSPS) is 14.8. The maximum atomic E-state index is 13.1. The average Bonchev–Trinajstić information content (AvgIpc) is 3.15. The number of amides is 1. The fourth-order valence-electron chi connectivity index (χ4n) is 3.52. The van der Waals surface area contributed by atoms with Gasteiger partial charge >= 0.3 is 6.18 Å². The number of aromatic nitrogens is 2. The molecule has 9 heteroatoms. The van der Waals surface area contributed by atoms with Crippen LogP contribution in [0, 0.1) is 6.92 Å². The molecule has 3 heterocycles. The lowest BCUT2D eigenvalue weighted by Crippen LogP contribution is -2.50. The van der Waals surface area contributed by atoms with Crippen molar-refractivity contribution < 1.29 is 27.5 Å². The van der Waals surface area contributed by atoms with Crippen LogP contribution in [-0.2, 0) is 6.18 Å². The number of rotatable bonds is 3. The predicted octanol–water partition coefficient (Wildman–Crippen LogP) is 3.45. The number of aryl methyl sites for hydroxylation is 1. The van der Waals surface area contributed by atoms with E-state index in [-0.39, 0.29) is 5.91 Å². The Morgan fingerprint density at radius 1 is 1.07 bits per heavy atom. The third-order valence-electron chi connectivity index (χ3n) is 5.16. The number of carbonyl (C=O) groups excluding carboxylic acids is 1. The minimum absolute atomic E-state index is 0.163. The molecule has 3 aromatic rings. The number of alkyl halides is 3. The summed E-state index contributed by atoms with van der Waals surface area (Å²) in [5.74, 6) is 0.877. The molecule has 1 aliphatic heterocycles. The van der Waals surface area contributed by atoms with E-state index in [0.29, 0.717) is 49.0 Å². The summed E-state index contributed by atoms with van der Waals surface area (Å²) in [5.41, 5.74) is 1.03. The van der Waals surface area contributed by atoms with Gasteiger partial charge in [-0.3, -0.25) is 9.69 Å². The van der Waals surface area contributed by atoms with Crippen molar-refractivity contribution in [1.82, 2.24) is 10.1 Å². The van der Waals surface area contributed by atoms with Crippen LogP contribution in [0.5, 0.6) is 0 Å². The molecule has 0 bridgehead atoms. The first-order chi connectivity index (χ1) is 14.3. The van der Waals surface area contributed by atoms with E-state index >= 15 is 0 Å². The standard InChI is InChI=1S/C21H19F3N4O2/c1-14-18(19(26-30-14)15-5-3-2-4-6-15)20(29)28-11-9-27(10-12-28)17-8-7-16(13-25-17)21(22,23)24/h2-8,13H,9-12H2,1H3/p+1. The van der Waals surface area contributed by atoms with Gasteiger partial charge in [-0.05, 0) is 13.0 Å². The third-order valence-corrected chi connectivity index (χ3v) is 5.16. The number of hydrogen-bond acceptors (Lipinski definition) is 4. The van der Waals surface area contributed by atoms with Crippen LogP contribution < -0.4 is 9.88 Å². The van der Waals surface area contributed by atoms with E-state index in [1.165, 1.54) is 6.07 Å². The molecule has 1 amide bonds. The second kappa shape index (κ2) is 7.81. The summed E-state index contributed by atoms with van der Waals surface area (Å²) in [5, 5.41) is 4.06. The van der Waals surface area contributed by atoms with Gasteiger partial charge in [-0.1, -0.05) is 35.5 Å². The monoisotopic (exact) mass is 417 g/mol.